The summed E-state index contributed by atoms with van der Waals surface area (Å²) in [4.78, 5) is 4.02. The molecule has 2 rings (SSSR count). The molecule has 0 aliphatic heterocycles. The lowest BCUT2D eigenvalue weighted by Gasteiger charge is -1.94. The van der Waals surface area contributed by atoms with E-state index in [1.54, 1.807) is 6.20 Å². The monoisotopic (exact) mass is 160 g/mol. The standard InChI is InChI=1S/C9H6NS/c11-9-5-7-3-1-2-4-8(7)6-10-9/h1-6H. The van der Waals surface area contributed by atoms with Crippen LogP contribution in [0.4, 0.5) is 0 Å². The predicted molar refractivity (Wildman–Crippen MR) is 47.6 cm³/mol. The number of pyridine rings is 1. The van der Waals surface area contributed by atoms with Gasteiger partial charge in [-0.2, -0.15) is 0 Å². The van der Waals surface area contributed by atoms with Crippen molar-refractivity contribution in [1.29, 1.82) is 0 Å². The van der Waals surface area contributed by atoms with E-state index in [-0.39, 0.29) is 0 Å². The van der Waals surface area contributed by atoms with E-state index in [2.05, 4.69) is 4.98 Å². The van der Waals surface area contributed by atoms with Gasteiger partial charge in [0.05, 0.1) is 0 Å². The molecule has 1 nitrogen and oxygen atoms in total. The van der Waals surface area contributed by atoms with Gasteiger partial charge in [-0.05, 0) is 11.5 Å². The average Bonchev–Trinajstić information content (AvgIpc) is 2.04. The highest BCUT2D eigenvalue weighted by Gasteiger charge is 1.92. The molecule has 0 saturated heterocycles. The Bertz CT molecular complexity index is 384. The van der Waals surface area contributed by atoms with Crippen molar-refractivity contribution in [3.63, 3.8) is 0 Å². The number of nitrogens with zero attached hydrogens (tertiary/aromatic N) is 1. The van der Waals surface area contributed by atoms with Crippen LogP contribution < -0.4 is 0 Å². The van der Waals surface area contributed by atoms with Crippen LogP contribution in [0.5, 0.6) is 0 Å². The zero-order valence-electron chi connectivity index (χ0n) is 5.82. The van der Waals surface area contributed by atoms with Crippen LogP contribution in [-0.2, 0) is 0 Å². The molecule has 0 aliphatic rings. The van der Waals surface area contributed by atoms with Gasteiger partial charge in [0, 0.05) is 11.6 Å². The van der Waals surface area contributed by atoms with Crippen molar-refractivity contribution in [3.05, 3.63) is 36.5 Å². The highest BCUT2D eigenvalue weighted by Crippen LogP contribution is 2.14. The molecule has 53 valence electrons. The van der Waals surface area contributed by atoms with E-state index < -0.39 is 0 Å². The Morgan fingerprint density at radius 1 is 1.09 bits per heavy atom. The van der Waals surface area contributed by atoms with E-state index in [1.807, 2.05) is 30.3 Å². The molecule has 0 amide bonds. The molecule has 0 saturated carbocycles. The van der Waals surface area contributed by atoms with Gasteiger partial charge in [-0.15, -0.1) is 0 Å². The van der Waals surface area contributed by atoms with Crippen molar-refractivity contribution in [1.82, 2.24) is 4.98 Å². The van der Waals surface area contributed by atoms with Crippen molar-refractivity contribution in [2.75, 3.05) is 0 Å². The zero-order valence-corrected chi connectivity index (χ0v) is 6.64. The fourth-order valence-corrected chi connectivity index (χ4v) is 1.24. The highest BCUT2D eigenvalue weighted by molar-refractivity contribution is 7.80. The number of hydrogen-bond donors (Lipinski definition) is 0. The van der Waals surface area contributed by atoms with Crippen LogP contribution in [0.1, 0.15) is 0 Å². The van der Waals surface area contributed by atoms with E-state index in [4.69, 9.17) is 12.6 Å². The summed E-state index contributed by atoms with van der Waals surface area (Å²) in [7, 11) is 0. The molecular weight excluding hydrogens is 154 g/mol. The summed E-state index contributed by atoms with van der Waals surface area (Å²) in [5.74, 6) is 0. The molecular formula is C9H6NS. The Balaban J connectivity index is 2.83. The maximum absolute atomic E-state index is 4.93. The van der Waals surface area contributed by atoms with Gasteiger partial charge < -0.3 is 0 Å². The minimum atomic E-state index is 0.656. The number of fused-ring (bicyclic) bond motifs is 1. The first-order chi connectivity index (χ1) is 5.36. The maximum atomic E-state index is 4.93. The van der Waals surface area contributed by atoms with Crippen LogP contribution in [0.3, 0.4) is 0 Å². The molecule has 2 heteroatoms. The first-order valence-electron chi connectivity index (χ1n) is 3.38. The number of rotatable bonds is 0. The smallest absolute Gasteiger partial charge is 0.126 e. The molecule has 1 aromatic carbocycles. The van der Waals surface area contributed by atoms with Gasteiger partial charge in [0.25, 0.3) is 0 Å². The average molecular weight is 160 g/mol. The lowest BCUT2D eigenvalue weighted by Crippen LogP contribution is -1.76. The molecule has 0 N–H and O–H groups in total. The second-order valence-electron chi connectivity index (χ2n) is 2.37. The normalized spacial score (nSPS) is 10.2. The Labute approximate surface area is 70.5 Å². The molecule has 0 fully saturated rings. The van der Waals surface area contributed by atoms with Crippen LogP contribution in [0.2, 0.25) is 0 Å². The van der Waals surface area contributed by atoms with Crippen LogP contribution in [-0.4, -0.2) is 4.98 Å². The number of benzene rings is 1. The number of hydrogen-bond acceptors (Lipinski definition) is 1. The fraction of sp³-hybridized carbons (Fsp3) is 0. The molecule has 1 aromatic heterocycles. The van der Waals surface area contributed by atoms with Crippen molar-refractivity contribution in [2.24, 2.45) is 0 Å². The first-order valence-corrected chi connectivity index (χ1v) is 3.79. The Kier molecular flexibility index (Phi) is 1.47. The summed E-state index contributed by atoms with van der Waals surface area (Å²) < 4.78 is 0. The predicted octanol–water partition coefficient (Wildman–Crippen LogP) is 2.79. The van der Waals surface area contributed by atoms with Gasteiger partial charge in [-0.25, -0.2) is 4.98 Å². The molecule has 0 atom stereocenters. The van der Waals surface area contributed by atoms with E-state index in [0.29, 0.717) is 5.03 Å². The molecule has 0 bridgehead atoms. The van der Waals surface area contributed by atoms with Gasteiger partial charge >= 0.3 is 0 Å². The second kappa shape index (κ2) is 2.47. The SMILES string of the molecule is [S]c1cc2ccccc2cn1. The topological polar surface area (TPSA) is 12.9 Å². The molecule has 11 heavy (non-hydrogen) atoms. The minimum absolute atomic E-state index is 0.656. The van der Waals surface area contributed by atoms with Crippen molar-refractivity contribution >= 4 is 23.4 Å². The van der Waals surface area contributed by atoms with E-state index in [9.17, 15) is 0 Å². The van der Waals surface area contributed by atoms with Gasteiger partial charge in [0.2, 0.25) is 0 Å². The fourth-order valence-electron chi connectivity index (χ4n) is 1.06. The van der Waals surface area contributed by atoms with Crippen molar-refractivity contribution < 1.29 is 0 Å². The third-order valence-corrected chi connectivity index (χ3v) is 1.83. The van der Waals surface area contributed by atoms with Crippen LogP contribution >= 0.6 is 12.6 Å². The number of aromatic nitrogens is 1. The van der Waals surface area contributed by atoms with E-state index >= 15 is 0 Å². The van der Waals surface area contributed by atoms with Gasteiger partial charge in [-0.1, -0.05) is 36.9 Å². The Morgan fingerprint density at radius 2 is 1.82 bits per heavy atom. The minimum Gasteiger partial charge on any atom is -0.245 e. The maximum Gasteiger partial charge on any atom is 0.126 e. The summed E-state index contributed by atoms with van der Waals surface area (Å²) >= 11 is 4.93. The van der Waals surface area contributed by atoms with E-state index in [1.165, 1.54) is 0 Å². The van der Waals surface area contributed by atoms with Gasteiger partial charge in [0.15, 0.2) is 0 Å². The molecule has 0 spiro atoms. The summed E-state index contributed by atoms with van der Waals surface area (Å²) in [5.41, 5.74) is 0. The molecule has 0 aliphatic carbocycles. The van der Waals surface area contributed by atoms with Crippen LogP contribution in [0, 0.1) is 0 Å². The summed E-state index contributed by atoms with van der Waals surface area (Å²) in [6, 6.07) is 9.96. The van der Waals surface area contributed by atoms with Crippen LogP contribution in [0.15, 0.2) is 41.6 Å². The summed E-state index contributed by atoms with van der Waals surface area (Å²) in [6.07, 6.45) is 1.80. The van der Waals surface area contributed by atoms with E-state index in [0.717, 1.165) is 10.8 Å². The van der Waals surface area contributed by atoms with Crippen molar-refractivity contribution in [3.8, 4) is 0 Å². The Hall–Kier alpha value is -1.15. The van der Waals surface area contributed by atoms with Gasteiger partial charge in [0.1, 0.15) is 5.03 Å². The highest BCUT2D eigenvalue weighted by atomic mass is 32.1. The lowest BCUT2D eigenvalue weighted by molar-refractivity contribution is 1.17. The summed E-state index contributed by atoms with van der Waals surface area (Å²) in [5, 5.41) is 2.96. The first kappa shape index (κ1) is 6.55. The quantitative estimate of drug-likeness (QED) is 0.577. The third kappa shape index (κ3) is 1.17. The summed E-state index contributed by atoms with van der Waals surface area (Å²) in [6.45, 7) is 0. The van der Waals surface area contributed by atoms with Crippen molar-refractivity contribution in [2.45, 2.75) is 5.03 Å². The molecule has 1 radical (unpaired) electrons. The Morgan fingerprint density at radius 3 is 2.64 bits per heavy atom. The van der Waals surface area contributed by atoms with Gasteiger partial charge in [-0.3, -0.25) is 0 Å². The largest absolute Gasteiger partial charge is 0.245 e. The third-order valence-electron chi connectivity index (χ3n) is 1.61. The molecule has 2 aromatic rings. The molecule has 0 unspecified atom stereocenters. The molecule has 1 heterocycles. The lowest BCUT2D eigenvalue weighted by atomic mass is 10.2. The van der Waals surface area contributed by atoms with Crippen LogP contribution in [0.25, 0.3) is 10.8 Å². The second-order valence-corrected chi connectivity index (χ2v) is 2.79. The zero-order chi connectivity index (χ0) is 7.68.